The van der Waals surface area contributed by atoms with E-state index in [1.807, 2.05) is 19.2 Å². The van der Waals surface area contributed by atoms with Crippen LogP contribution in [0, 0.1) is 0 Å². The zero-order valence-corrected chi connectivity index (χ0v) is 13.9. The van der Waals surface area contributed by atoms with Crippen LogP contribution in [0.4, 0.5) is 0 Å². The minimum Gasteiger partial charge on any atom is -0.313 e. The Morgan fingerprint density at radius 3 is 2.19 bits per heavy atom. The van der Waals surface area contributed by atoms with Gasteiger partial charge in [0.2, 0.25) is 0 Å². The third-order valence-corrected chi connectivity index (χ3v) is 4.35. The number of aryl methyl sites for hydroxylation is 2. The molecule has 1 atom stereocenters. The lowest BCUT2D eigenvalue weighted by atomic mass is 9.93. The molecule has 0 spiro atoms. The SMILES string of the molecule is CCc1ccc(C(Cc2ccc(Cl)cc2)NC)cc1CC. The van der Waals surface area contributed by atoms with Crippen molar-refractivity contribution < 1.29 is 0 Å². The van der Waals surface area contributed by atoms with E-state index in [1.54, 1.807) is 0 Å². The molecule has 21 heavy (non-hydrogen) atoms. The van der Waals surface area contributed by atoms with Crippen molar-refractivity contribution in [2.45, 2.75) is 39.2 Å². The molecule has 0 aromatic heterocycles. The second kappa shape index (κ2) is 7.63. The zero-order chi connectivity index (χ0) is 15.2. The van der Waals surface area contributed by atoms with Crippen molar-refractivity contribution in [3.63, 3.8) is 0 Å². The standard InChI is InChI=1S/C19H24ClN/c1-4-15-8-9-17(13-16(15)5-2)19(21-3)12-14-6-10-18(20)11-7-14/h6-11,13,19,21H,4-5,12H2,1-3H3. The molecule has 0 aliphatic carbocycles. The van der Waals surface area contributed by atoms with Gasteiger partial charge >= 0.3 is 0 Å². The first-order chi connectivity index (χ1) is 10.2. The summed E-state index contributed by atoms with van der Waals surface area (Å²) in [6.07, 6.45) is 3.17. The summed E-state index contributed by atoms with van der Waals surface area (Å²) < 4.78 is 0. The number of rotatable bonds is 6. The fourth-order valence-corrected chi connectivity index (χ4v) is 2.91. The number of hydrogen-bond acceptors (Lipinski definition) is 1. The van der Waals surface area contributed by atoms with Gasteiger partial charge in [0.15, 0.2) is 0 Å². The topological polar surface area (TPSA) is 12.0 Å². The van der Waals surface area contributed by atoms with Crippen molar-refractivity contribution in [1.82, 2.24) is 5.32 Å². The summed E-state index contributed by atoms with van der Waals surface area (Å²) in [4.78, 5) is 0. The fraction of sp³-hybridized carbons (Fsp3) is 0.368. The molecule has 0 saturated heterocycles. The Labute approximate surface area is 133 Å². The number of benzene rings is 2. The summed E-state index contributed by atoms with van der Waals surface area (Å²) in [5, 5.41) is 4.23. The highest BCUT2D eigenvalue weighted by molar-refractivity contribution is 6.30. The van der Waals surface area contributed by atoms with Gasteiger partial charge < -0.3 is 5.32 Å². The van der Waals surface area contributed by atoms with Gasteiger partial charge in [-0.25, -0.2) is 0 Å². The number of likely N-dealkylation sites (N-methyl/N-ethyl adjacent to an activating group) is 1. The third-order valence-electron chi connectivity index (χ3n) is 4.10. The van der Waals surface area contributed by atoms with Crippen LogP contribution >= 0.6 is 11.6 Å². The van der Waals surface area contributed by atoms with Crippen LogP contribution in [0.3, 0.4) is 0 Å². The molecule has 0 amide bonds. The molecule has 2 rings (SSSR count). The average molecular weight is 302 g/mol. The summed E-state index contributed by atoms with van der Waals surface area (Å²) in [7, 11) is 2.03. The molecule has 2 heteroatoms. The van der Waals surface area contributed by atoms with E-state index < -0.39 is 0 Å². The van der Waals surface area contributed by atoms with Crippen LogP contribution in [0.5, 0.6) is 0 Å². The zero-order valence-electron chi connectivity index (χ0n) is 13.1. The highest BCUT2D eigenvalue weighted by Gasteiger charge is 2.12. The van der Waals surface area contributed by atoms with Crippen molar-refractivity contribution in [3.8, 4) is 0 Å². The molecular weight excluding hydrogens is 278 g/mol. The Morgan fingerprint density at radius 2 is 1.62 bits per heavy atom. The van der Waals surface area contributed by atoms with Gasteiger partial charge in [0.25, 0.3) is 0 Å². The number of halogens is 1. The van der Waals surface area contributed by atoms with Crippen LogP contribution < -0.4 is 5.32 Å². The van der Waals surface area contributed by atoms with Crippen molar-refractivity contribution >= 4 is 11.6 Å². The Bertz CT molecular complexity index is 575. The first-order valence-electron chi connectivity index (χ1n) is 7.71. The normalized spacial score (nSPS) is 12.4. The third kappa shape index (κ3) is 4.09. The number of hydrogen-bond donors (Lipinski definition) is 1. The van der Waals surface area contributed by atoms with E-state index >= 15 is 0 Å². The van der Waals surface area contributed by atoms with Gasteiger partial charge in [-0.15, -0.1) is 0 Å². The molecule has 2 aromatic carbocycles. The second-order valence-electron chi connectivity index (χ2n) is 5.41. The van der Waals surface area contributed by atoms with Crippen LogP contribution in [0.2, 0.25) is 5.02 Å². The molecule has 1 N–H and O–H groups in total. The minimum atomic E-state index is 0.336. The van der Waals surface area contributed by atoms with Crippen LogP contribution in [0.15, 0.2) is 42.5 Å². The predicted molar refractivity (Wildman–Crippen MR) is 92.2 cm³/mol. The Kier molecular flexibility index (Phi) is 5.84. The van der Waals surface area contributed by atoms with Crippen molar-refractivity contribution in [2.24, 2.45) is 0 Å². The fourth-order valence-electron chi connectivity index (χ4n) is 2.78. The molecule has 1 unspecified atom stereocenters. The first-order valence-corrected chi connectivity index (χ1v) is 8.09. The largest absolute Gasteiger partial charge is 0.313 e. The van der Waals surface area contributed by atoms with Crippen molar-refractivity contribution in [3.05, 3.63) is 69.7 Å². The van der Waals surface area contributed by atoms with E-state index in [1.165, 1.54) is 22.3 Å². The van der Waals surface area contributed by atoms with E-state index in [0.29, 0.717) is 6.04 Å². The lowest BCUT2D eigenvalue weighted by Gasteiger charge is -2.19. The summed E-state index contributed by atoms with van der Waals surface area (Å²) in [6, 6.07) is 15.4. The van der Waals surface area contributed by atoms with E-state index in [2.05, 4.69) is 49.5 Å². The Balaban J connectivity index is 2.22. The van der Waals surface area contributed by atoms with Crippen molar-refractivity contribution in [2.75, 3.05) is 7.05 Å². The summed E-state index contributed by atoms with van der Waals surface area (Å²) in [6.45, 7) is 4.45. The van der Waals surface area contributed by atoms with Gasteiger partial charge in [0.1, 0.15) is 0 Å². The predicted octanol–water partition coefficient (Wildman–Crippen LogP) is 4.97. The van der Waals surface area contributed by atoms with Crippen LogP contribution in [0.25, 0.3) is 0 Å². The highest BCUT2D eigenvalue weighted by atomic mass is 35.5. The first kappa shape index (κ1) is 16.1. The summed E-state index contributed by atoms with van der Waals surface area (Å²) in [5.74, 6) is 0. The minimum absolute atomic E-state index is 0.336. The van der Waals surface area contributed by atoms with Crippen LogP contribution in [-0.4, -0.2) is 7.05 Å². The lowest BCUT2D eigenvalue weighted by Crippen LogP contribution is -2.19. The second-order valence-corrected chi connectivity index (χ2v) is 5.84. The molecule has 0 fully saturated rings. The molecule has 0 heterocycles. The van der Waals surface area contributed by atoms with Gasteiger partial charge in [-0.1, -0.05) is 55.8 Å². The molecule has 1 nitrogen and oxygen atoms in total. The van der Waals surface area contributed by atoms with Gasteiger partial charge in [0.05, 0.1) is 0 Å². The number of nitrogens with one attached hydrogen (secondary N) is 1. The molecule has 0 saturated carbocycles. The Hall–Kier alpha value is -1.31. The molecular formula is C19H24ClN. The highest BCUT2D eigenvalue weighted by Crippen LogP contribution is 2.23. The maximum atomic E-state index is 5.96. The maximum Gasteiger partial charge on any atom is 0.0406 e. The molecule has 0 radical (unpaired) electrons. The molecule has 2 aromatic rings. The molecule has 0 bridgehead atoms. The van der Waals surface area contributed by atoms with Gasteiger partial charge in [-0.2, -0.15) is 0 Å². The summed E-state index contributed by atoms with van der Waals surface area (Å²) in [5.41, 5.74) is 5.59. The smallest absolute Gasteiger partial charge is 0.0406 e. The lowest BCUT2D eigenvalue weighted by molar-refractivity contribution is 0.591. The molecule has 112 valence electrons. The van der Waals surface area contributed by atoms with E-state index in [9.17, 15) is 0 Å². The van der Waals surface area contributed by atoms with E-state index in [-0.39, 0.29) is 0 Å². The maximum absolute atomic E-state index is 5.96. The monoisotopic (exact) mass is 301 g/mol. The summed E-state index contributed by atoms with van der Waals surface area (Å²) >= 11 is 5.96. The quantitative estimate of drug-likeness (QED) is 0.794. The van der Waals surface area contributed by atoms with Gasteiger partial charge in [-0.3, -0.25) is 0 Å². The van der Waals surface area contributed by atoms with Gasteiger partial charge in [0, 0.05) is 11.1 Å². The average Bonchev–Trinajstić information content (AvgIpc) is 2.53. The van der Waals surface area contributed by atoms with Gasteiger partial charge in [-0.05, 0) is 60.7 Å². The van der Waals surface area contributed by atoms with Crippen molar-refractivity contribution in [1.29, 1.82) is 0 Å². The van der Waals surface area contributed by atoms with Crippen LogP contribution in [0.1, 0.15) is 42.1 Å². The van der Waals surface area contributed by atoms with E-state index in [0.717, 1.165) is 24.3 Å². The molecule has 0 aliphatic rings. The Morgan fingerprint density at radius 1 is 0.952 bits per heavy atom. The molecule has 0 aliphatic heterocycles. The van der Waals surface area contributed by atoms with E-state index in [4.69, 9.17) is 11.6 Å². The van der Waals surface area contributed by atoms with Crippen LogP contribution in [-0.2, 0) is 19.3 Å².